The number of aliphatic imine (C=N–C) groups is 1. The molecule has 1 aliphatic heterocycles. The van der Waals surface area contributed by atoms with Gasteiger partial charge in [-0.3, -0.25) is 9.89 Å². The minimum absolute atomic E-state index is 0. The lowest BCUT2D eigenvalue weighted by Crippen LogP contribution is -2.39. The van der Waals surface area contributed by atoms with Crippen LogP contribution in [0.25, 0.3) is 0 Å². The smallest absolute Gasteiger partial charge is 0.188 e. The standard InChI is InChI=1S/C18H30N4O2.HI/c1-2-24-11-5-9-20-18(19)21-12-17(23)14-22-10-8-15-6-3-4-7-16(15)13-22;/h3-4,6-7,17,23H,2,5,8-14H2,1H3,(H3,19,20,21);1H. The molecule has 0 bridgehead atoms. The van der Waals surface area contributed by atoms with Crippen molar-refractivity contribution >= 4 is 29.9 Å². The van der Waals surface area contributed by atoms with E-state index in [1.807, 2.05) is 6.92 Å². The minimum Gasteiger partial charge on any atom is -0.390 e. The Labute approximate surface area is 167 Å². The zero-order valence-corrected chi connectivity index (χ0v) is 17.3. The number of nitrogens with zero attached hydrogens (tertiary/aromatic N) is 2. The Bertz CT molecular complexity index is 528. The van der Waals surface area contributed by atoms with Gasteiger partial charge in [-0.25, -0.2) is 0 Å². The third kappa shape index (κ3) is 8.35. The highest BCUT2D eigenvalue weighted by Gasteiger charge is 2.18. The molecule has 0 amide bonds. The Morgan fingerprint density at radius 1 is 1.40 bits per heavy atom. The van der Waals surface area contributed by atoms with Crippen molar-refractivity contribution in [2.45, 2.75) is 32.4 Å². The molecule has 142 valence electrons. The third-order valence-electron chi connectivity index (χ3n) is 4.13. The fraction of sp³-hybridized carbons (Fsp3) is 0.611. The van der Waals surface area contributed by atoms with Crippen LogP contribution in [0.2, 0.25) is 0 Å². The number of aliphatic hydroxyl groups excluding tert-OH is 1. The molecule has 7 heteroatoms. The van der Waals surface area contributed by atoms with Crippen molar-refractivity contribution in [2.75, 3.05) is 39.4 Å². The first-order chi connectivity index (χ1) is 11.7. The van der Waals surface area contributed by atoms with E-state index in [1.165, 1.54) is 11.1 Å². The number of fused-ring (bicyclic) bond motifs is 1. The molecule has 25 heavy (non-hydrogen) atoms. The Balaban J connectivity index is 0.00000312. The van der Waals surface area contributed by atoms with Crippen LogP contribution >= 0.6 is 24.0 Å². The summed E-state index contributed by atoms with van der Waals surface area (Å²) in [7, 11) is 0. The Morgan fingerprint density at radius 3 is 2.92 bits per heavy atom. The highest BCUT2D eigenvalue weighted by atomic mass is 127. The van der Waals surface area contributed by atoms with E-state index < -0.39 is 6.10 Å². The number of benzene rings is 1. The van der Waals surface area contributed by atoms with Crippen LogP contribution in [0, 0.1) is 0 Å². The first-order valence-corrected chi connectivity index (χ1v) is 8.77. The Morgan fingerprint density at radius 2 is 2.16 bits per heavy atom. The number of guanidine groups is 1. The summed E-state index contributed by atoms with van der Waals surface area (Å²) in [5, 5.41) is 13.2. The number of nitrogens with one attached hydrogen (secondary N) is 1. The van der Waals surface area contributed by atoms with Gasteiger partial charge in [0.2, 0.25) is 0 Å². The summed E-state index contributed by atoms with van der Waals surface area (Å²) in [6, 6.07) is 8.50. The number of halogens is 1. The number of nitrogens with two attached hydrogens (primary N) is 1. The van der Waals surface area contributed by atoms with Gasteiger partial charge in [0, 0.05) is 39.4 Å². The minimum atomic E-state index is -0.501. The second kappa shape index (κ2) is 12.5. The summed E-state index contributed by atoms with van der Waals surface area (Å²) < 4.78 is 5.26. The maximum absolute atomic E-state index is 10.2. The largest absolute Gasteiger partial charge is 0.390 e. The molecule has 1 heterocycles. The number of hydrogen-bond donors (Lipinski definition) is 3. The molecule has 0 saturated heterocycles. The van der Waals surface area contributed by atoms with Gasteiger partial charge >= 0.3 is 0 Å². The predicted molar refractivity (Wildman–Crippen MR) is 112 cm³/mol. The van der Waals surface area contributed by atoms with Gasteiger partial charge in [0.25, 0.3) is 0 Å². The van der Waals surface area contributed by atoms with Crippen molar-refractivity contribution in [3.8, 4) is 0 Å². The number of hydrogen-bond acceptors (Lipinski definition) is 4. The van der Waals surface area contributed by atoms with E-state index in [-0.39, 0.29) is 24.0 Å². The monoisotopic (exact) mass is 462 g/mol. The number of aliphatic hydroxyl groups is 1. The van der Waals surface area contributed by atoms with Crippen LogP contribution in [0.5, 0.6) is 0 Å². The fourth-order valence-corrected chi connectivity index (χ4v) is 2.86. The first kappa shape index (κ1) is 22.1. The topological polar surface area (TPSA) is 83.1 Å². The molecule has 0 fully saturated rings. The van der Waals surface area contributed by atoms with Gasteiger partial charge in [-0.1, -0.05) is 24.3 Å². The van der Waals surface area contributed by atoms with Gasteiger partial charge in [-0.2, -0.15) is 0 Å². The average molecular weight is 462 g/mol. The Kier molecular flexibility index (Phi) is 11.0. The molecule has 1 unspecified atom stereocenters. The second-order valence-electron chi connectivity index (χ2n) is 6.11. The first-order valence-electron chi connectivity index (χ1n) is 8.77. The molecule has 1 aromatic rings. The van der Waals surface area contributed by atoms with Crippen LogP contribution in [0.15, 0.2) is 29.3 Å². The van der Waals surface area contributed by atoms with E-state index in [4.69, 9.17) is 10.5 Å². The van der Waals surface area contributed by atoms with Gasteiger partial charge in [-0.15, -0.1) is 24.0 Å². The van der Waals surface area contributed by atoms with Crippen molar-refractivity contribution in [1.29, 1.82) is 0 Å². The van der Waals surface area contributed by atoms with Crippen LogP contribution in [0.3, 0.4) is 0 Å². The molecule has 4 N–H and O–H groups in total. The van der Waals surface area contributed by atoms with Gasteiger partial charge in [0.15, 0.2) is 5.96 Å². The van der Waals surface area contributed by atoms with Crippen molar-refractivity contribution in [2.24, 2.45) is 10.7 Å². The van der Waals surface area contributed by atoms with Crippen molar-refractivity contribution in [1.82, 2.24) is 10.2 Å². The van der Waals surface area contributed by atoms with Crippen LogP contribution in [-0.4, -0.2) is 61.5 Å². The summed E-state index contributed by atoms with van der Waals surface area (Å²) in [4.78, 5) is 6.49. The van der Waals surface area contributed by atoms with Crippen LogP contribution in [0.4, 0.5) is 0 Å². The molecule has 1 atom stereocenters. The summed E-state index contributed by atoms with van der Waals surface area (Å²) in [6.45, 7) is 6.97. The molecule has 0 spiro atoms. The molecule has 1 aromatic carbocycles. The quantitative estimate of drug-likeness (QED) is 0.224. The molecule has 0 aliphatic carbocycles. The van der Waals surface area contributed by atoms with Gasteiger partial charge in [0.1, 0.15) is 0 Å². The van der Waals surface area contributed by atoms with E-state index in [2.05, 4.69) is 39.5 Å². The lowest BCUT2D eigenvalue weighted by Gasteiger charge is -2.30. The van der Waals surface area contributed by atoms with Gasteiger partial charge < -0.3 is 20.9 Å². The predicted octanol–water partition coefficient (Wildman–Crippen LogP) is 1.35. The maximum atomic E-state index is 10.2. The van der Waals surface area contributed by atoms with E-state index in [0.717, 1.165) is 45.7 Å². The zero-order valence-electron chi connectivity index (χ0n) is 15.0. The molecular formula is C18H31IN4O2. The molecule has 0 aromatic heterocycles. The van der Waals surface area contributed by atoms with Crippen molar-refractivity contribution in [3.05, 3.63) is 35.4 Å². The highest BCUT2D eigenvalue weighted by Crippen LogP contribution is 2.18. The fourth-order valence-electron chi connectivity index (χ4n) is 2.86. The molecule has 1 aliphatic rings. The summed E-state index contributed by atoms with van der Waals surface area (Å²) in [6.07, 6.45) is 1.43. The third-order valence-corrected chi connectivity index (χ3v) is 4.13. The lowest BCUT2D eigenvalue weighted by molar-refractivity contribution is 0.111. The second-order valence-corrected chi connectivity index (χ2v) is 6.11. The van der Waals surface area contributed by atoms with E-state index >= 15 is 0 Å². The van der Waals surface area contributed by atoms with Crippen LogP contribution in [0.1, 0.15) is 24.5 Å². The Hall–Kier alpha value is -0.900. The van der Waals surface area contributed by atoms with Gasteiger partial charge in [-0.05, 0) is 30.9 Å². The SMILES string of the molecule is CCOCCCNC(N)=NCC(O)CN1CCc2ccccc2C1.I. The van der Waals surface area contributed by atoms with Gasteiger partial charge in [0.05, 0.1) is 12.6 Å². The average Bonchev–Trinajstić information content (AvgIpc) is 2.59. The van der Waals surface area contributed by atoms with E-state index in [0.29, 0.717) is 19.0 Å². The summed E-state index contributed by atoms with van der Waals surface area (Å²) >= 11 is 0. The zero-order chi connectivity index (χ0) is 17.2. The molecule has 6 nitrogen and oxygen atoms in total. The maximum Gasteiger partial charge on any atom is 0.188 e. The highest BCUT2D eigenvalue weighted by molar-refractivity contribution is 14.0. The normalized spacial score (nSPS) is 16.0. The van der Waals surface area contributed by atoms with E-state index in [1.54, 1.807) is 0 Å². The summed E-state index contributed by atoms with van der Waals surface area (Å²) in [5.41, 5.74) is 8.58. The lowest BCUT2D eigenvalue weighted by atomic mass is 10.00. The summed E-state index contributed by atoms with van der Waals surface area (Å²) in [5.74, 6) is 0.384. The molecule has 2 rings (SSSR count). The van der Waals surface area contributed by atoms with Crippen LogP contribution in [-0.2, 0) is 17.7 Å². The number of ether oxygens (including phenoxy) is 1. The van der Waals surface area contributed by atoms with E-state index in [9.17, 15) is 5.11 Å². The number of β-amino-alcohol motifs (C(OH)–C–C–N with tert-alkyl or cyclic N) is 1. The number of rotatable bonds is 9. The van der Waals surface area contributed by atoms with Crippen molar-refractivity contribution in [3.63, 3.8) is 0 Å². The molecule has 0 saturated carbocycles. The molecule has 0 radical (unpaired) electrons. The molecular weight excluding hydrogens is 431 g/mol. The van der Waals surface area contributed by atoms with Crippen molar-refractivity contribution < 1.29 is 9.84 Å². The van der Waals surface area contributed by atoms with Crippen LogP contribution < -0.4 is 11.1 Å².